The van der Waals surface area contributed by atoms with Crippen molar-refractivity contribution in [1.82, 2.24) is 0 Å². The molecule has 0 amide bonds. The van der Waals surface area contributed by atoms with E-state index in [9.17, 15) is 0 Å². The molecule has 0 atom stereocenters. The Hall–Kier alpha value is -2.16. The van der Waals surface area contributed by atoms with Gasteiger partial charge in [-0.15, -0.1) is 0 Å². The van der Waals surface area contributed by atoms with Crippen molar-refractivity contribution >= 4 is 5.69 Å². The van der Waals surface area contributed by atoms with Crippen LogP contribution >= 0.6 is 0 Å². The molecule has 0 bridgehead atoms. The summed E-state index contributed by atoms with van der Waals surface area (Å²) in [4.78, 5) is 0. The highest BCUT2D eigenvalue weighted by atomic mass is 16.5. The first-order valence-electron chi connectivity index (χ1n) is 7.18. The molecule has 0 unspecified atom stereocenters. The summed E-state index contributed by atoms with van der Waals surface area (Å²) in [5, 5.41) is 3.45. The van der Waals surface area contributed by atoms with Crippen molar-refractivity contribution in [3.05, 3.63) is 53.6 Å². The Morgan fingerprint density at radius 1 is 1.00 bits per heavy atom. The molecule has 2 rings (SSSR count). The zero-order valence-electron chi connectivity index (χ0n) is 13.1. The molecule has 3 nitrogen and oxygen atoms in total. The van der Waals surface area contributed by atoms with E-state index in [1.165, 1.54) is 5.56 Å². The summed E-state index contributed by atoms with van der Waals surface area (Å²) in [5.74, 6) is 2.17. The van der Waals surface area contributed by atoms with Gasteiger partial charge in [-0.05, 0) is 35.7 Å². The molecule has 3 heteroatoms. The number of hydrogen-bond donors (Lipinski definition) is 1. The van der Waals surface area contributed by atoms with Gasteiger partial charge in [0, 0.05) is 23.9 Å². The van der Waals surface area contributed by atoms with E-state index in [0.29, 0.717) is 12.5 Å². The first kappa shape index (κ1) is 15.2. The number of nitrogens with one attached hydrogen (secondary N) is 1. The van der Waals surface area contributed by atoms with Crippen molar-refractivity contribution < 1.29 is 9.47 Å². The molecule has 112 valence electrons. The summed E-state index contributed by atoms with van der Waals surface area (Å²) >= 11 is 0. The second-order valence-electron chi connectivity index (χ2n) is 5.31. The lowest BCUT2D eigenvalue weighted by molar-refractivity contribution is 0.391. The van der Waals surface area contributed by atoms with Crippen LogP contribution in [-0.4, -0.2) is 14.2 Å². The first-order valence-corrected chi connectivity index (χ1v) is 7.18. The summed E-state index contributed by atoms with van der Waals surface area (Å²) < 4.78 is 10.6. The number of rotatable bonds is 6. The monoisotopic (exact) mass is 285 g/mol. The van der Waals surface area contributed by atoms with Crippen LogP contribution in [0.2, 0.25) is 0 Å². The van der Waals surface area contributed by atoms with Gasteiger partial charge in [0.25, 0.3) is 0 Å². The van der Waals surface area contributed by atoms with Gasteiger partial charge in [-0.25, -0.2) is 0 Å². The van der Waals surface area contributed by atoms with Gasteiger partial charge in [-0.2, -0.15) is 0 Å². The van der Waals surface area contributed by atoms with Gasteiger partial charge < -0.3 is 14.8 Å². The third-order valence-corrected chi connectivity index (χ3v) is 3.53. The third-order valence-electron chi connectivity index (χ3n) is 3.53. The molecule has 2 aromatic carbocycles. The lowest BCUT2D eigenvalue weighted by Gasteiger charge is -2.13. The van der Waals surface area contributed by atoms with Gasteiger partial charge in [-0.1, -0.05) is 26.0 Å². The van der Waals surface area contributed by atoms with Crippen LogP contribution in [0.15, 0.2) is 42.5 Å². The number of anilines is 1. The molecular formula is C18H23NO2. The number of hydrogen-bond acceptors (Lipinski definition) is 3. The zero-order chi connectivity index (χ0) is 15.2. The molecule has 0 saturated heterocycles. The van der Waals surface area contributed by atoms with E-state index in [1.54, 1.807) is 14.2 Å². The largest absolute Gasteiger partial charge is 0.497 e. The van der Waals surface area contributed by atoms with Crippen molar-refractivity contribution in [2.45, 2.75) is 26.3 Å². The molecule has 2 aromatic rings. The fourth-order valence-electron chi connectivity index (χ4n) is 2.20. The highest BCUT2D eigenvalue weighted by Crippen LogP contribution is 2.26. The molecule has 0 aromatic heterocycles. The maximum absolute atomic E-state index is 5.42. The Morgan fingerprint density at radius 2 is 1.81 bits per heavy atom. The van der Waals surface area contributed by atoms with Crippen molar-refractivity contribution in [3.8, 4) is 11.5 Å². The molecule has 0 radical (unpaired) electrons. The van der Waals surface area contributed by atoms with Gasteiger partial charge in [0.2, 0.25) is 0 Å². The van der Waals surface area contributed by atoms with Crippen molar-refractivity contribution in [1.29, 1.82) is 0 Å². The number of methoxy groups -OCH3 is 2. The van der Waals surface area contributed by atoms with Crippen LogP contribution in [0.4, 0.5) is 5.69 Å². The van der Waals surface area contributed by atoms with Crippen molar-refractivity contribution in [2.75, 3.05) is 19.5 Å². The van der Waals surface area contributed by atoms with E-state index in [2.05, 4.69) is 43.4 Å². The van der Waals surface area contributed by atoms with Crippen molar-refractivity contribution in [2.24, 2.45) is 0 Å². The maximum Gasteiger partial charge on any atom is 0.127 e. The smallest absolute Gasteiger partial charge is 0.127 e. The standard InChI is InChI=1S/C18H23NO2/c1-13(2)14-6-5-7-16(10-14)19-12-15-8-9-17(20-3)11-18(15)21-4/h5-11,13,19H,12H2,1-4H3. The molecule has 0 aliphatic heterocycles. The second kappa shape index (κ2) is 7.02. The van der Waals surface area contributed by atoms with E-state index in [1.807, 2.05) is 18.2 Å². The summed E-state index contributed by atoms with van der Waals surface area (Å²) in [5.41, 5.74) is 3.56. The van der Waals surface area contributed by atoms with Gasteiger partial charge in [0.1, 0.15) is 11.5 Å². The Bertz CT molecular complexity index is 594. The predicted octanol–water partition coefficient (Wildman–Crippen LogP) is 4.44. The summed E-state index contributed by atoms with van der Waals surface area (Å²) in [6.07, 6.45) is 0. The fourth-order valence-corrected chi connectivity index (χ4v) is 2.20. The molecular weight excluding hydrogens is 262 g/mol. The summed E-state index contributed by atoms with van der Waals surface area (Å²) in [7, 11) is 3.34. The minimum Gasteiger partial charge on any atom is -0.497 e. The molecule has 0 spiro atoms. The van der Waals surface area contributed by atoms with Crippen LogP contribution in [-0.2, 0) is 6.54 Å². The molecule has 0 saturated carbocycles. The Morgan fingerprint density at radius 3 is 2.48 bits per heavy atom. The topological polar surface area (TPSA) is 30.5 Å². The molecule has 0 heterocycles. The van der Waals surface area contributed by atoms with E-state index < -0.39 is 0 Å². The van der Waals surface area contributed by atoms with Crippen molar-refractivity contribution in [3.63, 3.8) is 0 Å². The Balaban J connectivity index is 2.11. The van der Waals surface area contributed by atoms with E-state index in [4.69, 9.17) is 9.47 Å². The maximum atomic E-state index is 5.42. The summed E-state index contributed by atoms with van der Waals surface area (Å²) in [6, 6.07) is 14.4. The molecule has 1 N–H and O–H groups in total. The van der Waals surface area contributed by atoms with Crippen LogP contribution in [0.5, 0.6) is 11.5 Å². The Kier molecular flexibility index (Phi) is 5.09. The third kappa shape index (κ3) is 3.91. The van der Waals surface area contributed by atoms with Gasteiger partial charge >= 0.3 is 0 Å². The lowest BCUT2D eigenvalue weighted by Crippen LogP contribution is -2.02. The van der Waals surface area contributed by atoms with E-state index >= 15 is 0 Å². The van der Waals surface area contributed by atoms with E-state index in [-0.39, 0.29) is 0 Å². The van der Waals surface area contributed by atoms with Crippen LogP contribution in [0.1, 0.15) is 30.9 Å². The molecule has 0 fully saturated rings. The lowest BCUT2D eigenvalue weighted by atomic mass is 10.0. The fraction of sp³-hybridized carbons (Fsp3) is 0.333. The summed E-state index contributed by atoms with van der Waals surface area (Å²) in [6.45, 7) is 5.12. The molecule has 0 aliphatic carbocycles. The predicted molar refractivity (Wildman–Crippen MR) is 87.4 cm³/mol. The van der Waals surface area contributed by atoms with Crippen LogP contribution in [0.25, 0.3) is 0 Å². The van der Waals surface area contributed by atoms with Gasteiger partial charge in [0.05, 0.1) is 14.2 Å². The number of ether oxygens (including phenoxy) is 2. The van der Waals surface area contributed by atoms with Crippen LogP contribution in [0, 0.1) is 0 Å². The Labute approximate surface area is 126 Å². The molecule has 21 heavy (non-hydrogen) atoms. The molecule has 0 aliphatic rings. The first-order chi connectivity index (χ1) is 10.1. The average molecular weight is 285 g/mol. The van der Waals surface area contributed by atoms with Crippen LogP contribution in [0.3, 0.4) is 0 Å². The average Bonchev–Trinajstić information content (AvgIpc) is 2.53. The quantitative estimate of drug-likeness (QED) is 0.851. The number of benzene rings is 2. The van der Waals surface area contributed by atoms with Gasteiger partial charge in [0.15, 0.2) is 0 Å². The minimum atomic E-state index is 0.530. The minimum absolute atomic E-state index is 0.530. The highest BCUT2D eigenvalue weighted by Gasteiger charge is 2.05. The highest BCUT2D eigenvalue weighted by molar-refractivity contribution is 5.49. The van der Waals surface area contributed by atoms with Crippen LogP contribution < -0.4 is 14.8 Å². The van der Waals surface area contributed by atoms with E-state index in [0.717, 1.165) is 22.7 Å². The second-order valence-corrected chi connectivity index (χ2v) is 5.31. The normalized spacial score (nSPS) is 10.5. The SMILES string of the molecule is COc1ccc(CNc2cccc(C(C)C)c2)c(OC)c1. The zero-order valence-corrected chi connectivity index (χ0v) is 13.1. The van der Waals surface area contributed by atoms with Gasteiger partial charge in [-0.3, -0.25) is 0 Å².